The molecule has 1 saturated heterocycles. The fourth-order valence-corrected chi connectivity index (χ4v) is 4.20. The van der Waals surface area contributed by atoms with Gasteiger partial charge in [0.05, 0.1) is 0 Å². The van der Waals surface area contributed by atoms with Crippen molar-refractivity contribution in [2.24, 2.45) is 23.0 Å². The molecule has 1 heterocycles. The summed E-state index contributed by atoms with van der Waals surface area (Å²) in [5.41, 5.74) is 4.92. The van der Waals surface area contributed by atoms with Crippen molar-refractivity contribution >= 4 is 17.9 Å². The van der Waals surface area contributed by atoms with Crippen LogP contribution in [0.5, 0.6) is 0 Å². The van der Waals surface area contributed by atoms with E-state index in [1.165, 1.54) is 11.3 Å². The summed E-state index contributed by atoms with van der Waals surface area (Å²) < 4.78 is 5.51. The number of amides is 3. The molecule has 7 heteroatoms. The second kappa shape index (κ2) is 6.50. The number of ether oxygens (including phenoxy) is 1. The third kappa shape index (κ3) is 3.90. The molecule has 3 aliphatic rings. The van der Waals surface area contributed by atoms with Gasteiger partial charge in [-0.05, 0) is 49.4 Å². The van der Waals surface area contributed by atoms with E-state index < -0.39 is 29.5 Å². The van der Waals surface area contributed by atoms with Crippen LogP contribution in [0.4, 0.5) is 4.79 Å². The lowest BCUT2D eigenvalue weighted by Gasteiger charge is -2.35. The first kappa shape index (κ1) is 18.0. The van der Waals surface area contributed by atoms with E-state index in [4.69, 9.17) is 10.5 Å². The minimum absolute atomic E-state index is 0. The number of alkyl carbamates (subject to hydrolysis) is 1. The molecule has 0 aromatic carbocycles. The predicted molar refractivity (Wildman–Crippen MR) is 95.6 cm³/mol. The molecule has 3 fully saturated rings. The van der Waals surface area contributed by atoms with Gasteiger partial charge in [-0.15, -0.1) is 0 Å². The molecule has 3 amide bonds. The van der Waals surface area contributed by atoms with Gasteiger partial charge in [-0.3, -0.25) is 9.59 Å². The summed E-state index contributed by atoms with van der Waals surface area (Å²) >= 11 is 0. The topological polar surface area (TPSA) is 102 Å². The molecule has 3 unspecified atom stereocenters. The molecule has 0 aromatic rings. The van der Waals surface area contributed by atoms with Crippen LogP contribution in [0.25, 0.3) is 0 Å². The standard InChI is InChI=1S/C18H29N3O4.2H2/c1-18(2,3)14(16(23)21-6-4-5-13(21)15(19)22)20-17(24)25-12-8-10-7-11(10)9-12;;/h10-14H,4-9H2,1-3H3,(H2,19,22)(H,20,24);2*1H/t10?,11?,12?,13?,14-;;/m1../s1. The number of hydrogen-bond donors (Lipinski definition) is 2. The lowest BCUT2D eigenvalue weighted by Crippen LogP contribution is -2.57. The molecule has 25 heavy (non-hydrogen) atoms. The van der Waals surface area contributed by atoms with Gasteiger partial charge in [0, 0.05) is 9.40 Å². The molecule has 1 aliphatic heterocycles. The van der Waals surface area contributed by atoms with Gasteiger partial charge in [-0.25, -0.2) is 4.79 Å². The average molecular weight is 355 g/mol. The highest BCUT2D eigenvalue weighted by molar-refractivity contribution is 5.91. The first-order chi connectivity index (χ1) is 11.7. The second-order valence-corrected chi connectivity index (χ2v) is 8.79. The Morgan fingerprint density at radius 1 is 1.20 bits per heavy atom. The van der Waals surface area contributed by atoms with E-state index in [1.54, 1.807) is 0 Å². The SMILES string of the molecule is CC(C)(C)[C@H](NC(=O)OC1CC2CC2C1)C(=O)N1CCCC1C(N)=O.[HH].[HH]. The molecule has 3 rings (SSSR count). The lowest BCUT2D eigenvalue weighted by molar-refractivity contribution is -0.141. The second-order valence-electron chi connectivity index (χ2n) is 8.79. The van der Waals surface area contributed by atoms with Crippen LogP contribution >= 0.6 is 0 Å². The molecule has 3 N–H and O–H groups in total. The van der Waals surface area contributed by atoms with E-state index in [2.05, 4.69) is 5.32 Å². The van der Waals surface area contributed by atoms with Crippen molar-refractivity contribution < 1.29 is 22.0 Å². The van der Waals surface area contributed by atoms with Gasteiger partial charge in [-0.1, -0.05) is 20.8 Å². The summed E-state index contributed by atoms with van der Waals surface area (Å²) in [6.45, 7) is 6.14. The summed E-state index contributed by atoms with van der Waals surface area (Å²) in [5.74, 6) is 0.684. The van der Waals surface area contributed by atoms with E-state index in [1.807, 2.05) is 20.8 Å². The minimum atomic E-state index is -0.754. The predicted octanol–water partition coefficient (Wildman–Crippen LogP) is 1.89. The van der Waals surface area contributed by atoms with Crippen LogP contribution in [0.3, 0.4) is 0 Å². The molecule has 0 spiro atoms. The number of nitrogens with two attached hydrogens (primary N) is 1. The third-order valence-electron chi connectivity index (χ3n) is 5.71. The quantitative estimate of drug-likeness (QED) is 0.804. The monoisotopic (exact) mass is 355 g/mol. The van der Waals surface area contributed by atoms with E-state index in [0.717, 1.165) is 31.1 Å². The van der Waals surface area contributed by atoms with Crippen molar-refractivity contribution in [3.63, 3.8) is 0 Å². The van der Waals surface area contributed by atoms with Gasteiger partial charge in [0.15, 0.2) is 0 Å². The van der Waals surface area contributed by atoms with Crippen molar-refractivity contribution in [3.8, 4) is 0 Å². The zero-order valence-electron chi connectivity index (χ0n) is 15.3. The van der Waals surface area contributed by atoms with Crippen molar-refractivity contribution in [2.75, 3.05) is 6.54 Å². The maximum absolute atomic E-state index is 13.0. The summed E-state index contributed by atoms with van der Waals surface area (Å²) in [4.78, 5) is 38.4. The van der Waals surface area contributed by atoms with Crippen molar-refractivity contribution in [3.05, 3.63) is 0 Å². The van der Waals surface area contributed by atoms with E-state index in [9.17, 15) is 14.4 Å². The highest BCUT2D eigenvalue weighted by Crippen LogP contribution is 2.52. The van der Waals surface area contributed by atoms with Crippen molar-refractivity contribution in [2.45, 2.75) is 71.1 Å². The summed E-state index contributed by atoms with van der Waals surface area (Å²) in [6.07, 6.45) is 3.86. The molecule has 0 bridgehead atoms. The van der Waals surface area contributed by atoms with Crippen LogP contribution in [0.2, 0.25) is 0 Å². The zero-order chi connectivity index (χ0) is 18.4. The lowest BCUT2D eigenvalue weighted by atomic mass is 9.85. The Hall–Kier alpha value is -1.79. The molecule has 144 valence electrons. The Balaban J connectivity index is 0.00000182. The van der Waals surface area contributed by atoms with Crippen molar-refractivity contribution in [1.82, 2.24) is 10.2 Å². The molecule has 4 atom stereocenters. The van der Waals surface area contributed by atoms with Crippen LogP contribution in [0.1, 0.15) is 55.7 Å². The van der Waals surface area contributed by atoms with Crippen LogP contribution in [-0.4, -0.2) is 47.5 Å². The molecular formula is C18H33N3O4. The first-order valence-electron chi connectivity index (χ1n) is 9.23. The Morgan fingerprint density at radius 2 is 1.84 bits per heavy atom. The Labute approximate surface area is 151 Å². The van der Waals surface area contributed by atoms with Gasteiger partial charge in [0.1, 0.15) is 18.2 Å². The smallest absolute Gasteiger partial charge is 0.408 e. The summed E-state index contributed by atoms with van der Waals surface area (Å²) in [5, 5.41) is 2.75. The number of fused-ring (bicyclic) bond motifs is 1. The molecule has 2 saturated carbocycles. The molecule has 0 aromatic heterocycles. The normalized spacial score (nSPS) is 32.0. The first-order valence-corrected chi connectivity index (χ1v) is 9.23. The highest BCUT2D eigenvalue weighted by Gasteiger charge is 2.48. The number of rotatable bonds is 4. The van der Waals surface area contributed by atoms with Gasteiger partial charge < -0.3 is 20.7 Å². The largest absolute Gasteiger partial charge is 0.446 e. The van der Waals surface area contributed by atoms with Crippen LogP contribution in [0, 0.1) is 17.3 Å². The summed E-state index contributed by atoms with van der Waals surface area (Å²) in [7, 11) is 0. The van der Waals surface area contributed by atoms with Gasteiger partial charge in [0.2, 0.25) is 11.8 Å². The fourth-order valence-electron chi connectivity index (χ4n) is 4.20. The van der Waals surface area contributed by atoms with Gasteiger partial charge >= 0.3 is 6.09 Å². The minimum Gasteiger partial charge on any atom is -0.446 e. The van der Waals surface area contributed by atoms with E-state index in [-0.39, 0.29) is 14.9 Å². The van der Waals surface area contributed by atoms with E-state index in [0.29, 0.717) is 13.0 Å². The fraction of sp³-hybridized carbons (Fsp3) is 0.833. The van der Waals surface area contributed by atoms with Crippen LogP contribution in [0.15, 0.2) is 0 Å². The molecular weight excluding hydrogens is 322 g/mol. The molecule has 2 aliphatic carbocycles. The van der Waals surface area contributed by atoms with E-state index >= 15 is 0 Å². The average Bonchev–Trinajstić information content (AvgIpc) is 2.94. The van der Waals surface area contributed by atoms with Gasteiger partial charge in [0.25, 0.3) is 0 Å². The number of primary amides is 1. The van der Waals surface area contributed by atoms with Gasteiger partial charge in [-0.2, -0.15) is 0 Å². The number of carbonyl (C=O) groups is 3. The number of likely N-dealkylation sites (tertiary alicyclic amines) is 1. The third-order valence-corrected chi connectivity index (χ3v) is 5.71. The molecule has 7 nitrogen and oxygen atoms in total. The zero-order valence-corrected chi connectivity index (χ0v) is 15.3. The Morgan fingerprint density at radius 3 is 2.40 bits per heavy atom. The maximum Gasteiger partial charge on any atom is 0.408 e. The maximum atomic E-state index is 13.0. The number of carbonyl (C=O) groups excluding carboxylic acids is 3. The van der Waals surface area contributed by atoms with Crippen LogP contribution < -0.4 is 11.1 Å². The van der Waals surface area contributed by atoms with Crippen molar-refractivity contribution in [1.29, 1.82) is 0 Å². The van der Waals surface area contributed by atoms with Crippen LogP contribution in [-0.2, 0) is 14.3 Å². The number of nitrogens with zero attached hydrogens (tertiary/aromatic N) is 1. The Kier molecular flexibility index (Phi) is 4.68. The highest BCUT2D eigenvalue weighted by atomic mass is 16.6. The molecule has 0 radical (unpaired) electrons. The Bertz CT molecular complexity index is 571. The summed E-state index contributed by atoms with van der Waals surface area (Å²) in [6, 6.07) is -1.34. The number of hydrogen-bond acceptors (Lipinski definition) is 4. The number of nitrogens with one attached hydrogen (secondary N) is 1.